The van der Waals surface area contributed by atoms with Gasteiger partial charge in [-0.3, -0.25) is 0 Å². The molecule has 0 spiro atoms. The van der Waals surface area contributed by atoms with E-state index in [2.05, 4.69) is 31.1 Å². The van der Waals surface area contributed by atoms with Gasteiger partial charge in [-0.25, -0.2) is 9.59 Å². The first-order valence-electron chi connectivity index (χ1n) is 41.2. The van der Waals surface area contributed by atoms with Crippen LogP contribution < -0.4 is 27.0 Å². The summed E-state index contributed by atoms with van der Waals surface area (Å²) in [4.78, 5) is 34.7. The number of carbonyl (C=O) groups is 2. The molecule has 3 saturated carbocycles. The van der Waals surface area contributed by atoms with Crippen molar-refractivity contribution in [3.05, 3.63) is 105 Å². The highest BCUT2D eigenvalue weighted by molar-refractivity contribution is 6.31. The van der Waals surface area contributed by atoms with E-state index in [1.54, 1.807) is 21.3 Å². The van der Waals surface area contributed by atoms with Gasteiger partial charge in [-0.1, -0.05) is 129 Å². The molecule has 24 heteroatoms. The van der Waals surface area contributed by atoms with Gasteiger partial charge in [-0.2, -0.15) is 0 Å². The predicted molar refractivity (Wildman–Crippen MR) is 446 cm³/mol. The van der Waals surface area contributed by atoms with Gasteiger partial charge in [-0.15, -0.1) is 12.4 Å². The highest BCUT2D eigenvalue weighted by Crippen LogP contribution is 2.44. The van der Waals surface area contributed by atoms with Crippen molar-refractivity contribution in [1.29, 1.82) is 0 Å². The molecule has 3 aliphatic carbocycles. The van der Waals surface area contributed by atoms with E-state index in [4.69, 9.17) is 54.7 Å². The first kappa shape index (κ1) is 96.4. The maximum Gasteiger partial charge on any atom is 0.317 e. The smallest absolute Gasteiger partial charge is 0.317 e. The van der Waals surface area contributed by atoms with Crippen LogP contribution in [-0.4, -0.2) is 233 Å². The molecule has 0 aromatic heterocycles. The highest BCUT2D eigenvalue weighted by Gasteiger charge is 2.45. The van der Waals surface area contributed by atoms with E-state index in [0.29, 0.717) is 93.2 Å². The summed E-state index contributed by atoms with van der Waals surface area (Å²) < 4.78 is 15.5. The second-order valence-electron chi connectivity index (χ2n) is 33.4. The van der Waals surface area contributed by atoms with Crippen LogP contribution in [0.25, 0.3) is 0 Å². The van der Waals surface area contributed by atoms with Crippen molar-refractivity contribution in [3.8, 4) is 0 Å². The topological polar surface area (TPSA) is 270 Å². The second-order valence-corrected chi connectivity index (χ2v) is 34.7. The zero-order valence-corrected chi connectivity index (χ0v) is 70.9. The van der Waals surface area contributed by atoms with Crippen LogP contribution in [-0.2, 0) is 31.0 Å². The van der Waals surface area contributed by atoms with Crippen molar-refractivity contribution in [2.45, 2.75) is 264 Å². The van der Waals surface area contributed by atoms with E-state index in [1.807, 2.05) is 118 Å². The molecular formula is C85H145Cl4N9O11. The maximum absolute atomic E-state index is 13.5. The highest BCUT2D eigenvalue weighted by atomic mass is 35.5. The monoisotopic (exact) mass is 1610 g/mol. The summed E-state index contributed by atoms with van der Waals surface area (Å²) in [5.41, 5.74) is 3.75. The lowest BCUT2D eigenvalue weighted by Gasteiger charge is -2.43. The van der Waals surface area contributed by atoms with Crippen molar-refractivity contribution >= 4 is 59.3 Å². The van der Waals surface area contributed by atoms with Crippen molar-refractivity contribution in [3.63, 3.8) is 0 Å². The summed E-state index contributed by atoms with van der Waals surface area (Å²) in [6.45, 7) is 8.41. The van der Waals surface area contributed by atoms with Crippen molar-refractivity contribution in [2.24, 2.45) is 23.5 Å². The number of unbranched alkanes of at least 4 members (excludes halogenated alkanes) is 3. The van der Waals surface area contributed by atoms with E-state index in [0.717, 1.165) is 210 Å². The van der Waals surface area contributed by atoms with Gasteiger partial charge in [0.25, 0.3) is 0 Å². The second kappa shape index (κ2) is 49.7. The molecule has 12 N–H and O–H groups in total. The van der Waals surface area contributed by atoms with Gasteiger partial charge in [0.05, 0.1) is 33.6 Å². The fourth-order valence-corrected chi connectivity index (χ4v) is 18.6. The number of piperidine rings is 3. The van der Waals surface area contributed by atoms with E-state index in [1.165, 1.54) is 19.3 Å². The summed E-state index contributed by atoms with van der Waals surface area (Å²) in [7, 11) is 15.0. The molecule has 3 aromatic rings. The standard InChI is InChI=1S/C29H48ClN3O4.C28H46ClN3O4.C17H26ClNO2.C11H24N2O.ClH/c1-32(2)22-26(20-28(35)14-5-4-6-15-28)31-27(34)33-17-10-12-24(21-33)29(36,16-7-8-18-37-3)23-11-9-13-25(30)19-23;1-30-20-25(19-27(34)13-4-3-5-14-27)31-26(33)32-16-9-11-23(21-32)28(35,15-6-7-17-36-2)22-10-8-12-24(29)18-22;1-21-11-3-2-9-17(20,15-7-5-10-19-13-15)14-6-4-8-16(18)12-14;1-13(2)9-10(12)8-11(14)6-4-3-5-7-11;/h9,11,13,19,24,26,35-36H,4-8,10,12,14-18,20-22H2,1-3H3,(H,31,34);8,10,12,18,23,25,30,34-35H,3-7,9,11,13-17,19-21H2,1-2H3,(H,31,33);4,6,8,12,15,19-20H,2-3,5,7,9-11,13H2,1H3;10,14H,3-9,12H2,1-2H3;1H/t24-,26?,29-;23-,25?,28-;15-,17-;;/m111../s1. The van der Waals surface area contributed by atoms with Crippen LogP contribution >= 0.6 is 47.2 Å². The predicted octanol–water partition coefficient (Wildman–Crippen LogP) is 13.9. The Morgan fingerprint density at radius 2 is 0.890 bits per heavy atom. The third-order valence-electron chi connectivity index (χ3n) is 23.7. The Hall–Kier alpha value is -3.20. The van der Waals surface area contributed by atoms with E-state index >= 15 is 0 Å². The van der Waals surface area contributed by atoms with Gasteiger partial charge in [0.2, 0.25) is 0 Å². The van der Waals surface area contributed by atoms with Crippen LogP contribution in [0.5, 0.6) is 0 Å². The number of nitrogens with one attached hydrogen (secondary N) is 4. The zero-order valence-electron chi connectivity index (χ0n) is 67.8. The minimum Gasteiger partial charge on any atom is -0.390 e. The summed E-state index contributed by atoms with van der Waals surface area (Å²) >= 11 is 18.7. The SMILES string of the molecule is CN(C)CC(N)CC1(O)CCCCC1.CNCC(CC1(O)CCCCC1)NC(=O)N1CCC[C@@H]([C@@](O)(CCCCOC)c2cccc(Cl)c2)C1.COCCCC[C@@](O)(c1cccc(Cl)c1)[C@@H]1CCCN(C(=O)NC(CN(C)C)CC2(O)CCCCC2)C1.COCCCC[C@@](O)(c1cccc(Cl)c1)[C@@H]1CCCNC1.Cl. The number of halogens is 4. The number of hydrogen-bond donors (Lipinski definition) is 11. The Bertz CT molecular complexity index is 3000. The number of benzene rings is 3. The minimum atomic E-state index is -1.07. The van der Waals surface area contributed by atoms with Gasteiger partial charge in [0.15, 0.2) is 0 Å². The summed E-state index contributed by atoms with van der Waals surface area (Å²) in [6.07, 6.45) is 29.8. The molecule has 3 aromatic carbocycles. The molecule has 3 heterocycles. The molecule has 624 valence electrons. The minimum absolute atomic E-state index is 0. The summed E-state index contributed by atoms with van der Waals surface area (Å²) in [5.74, 6) is 0.0541. The van der Waals surface area contributed by atoms with Gasteiger partial charge < -0.3 is 91.5 Å². The summed E-state index contributed by atoms with van der Waals surface area (Å²) in [5, 5.41) is 82.9. The maximum atomic E-state index is 13.5. The van der Waals surface area contributed by atoms with Crippen LogP contribution in [0.2, 0.25) is 15.1 Å². The lowest BCUT2D eigenvalue weighted by molar-refractivity contribution is -0.0570. The fourth-order valence-electron chi connectivity index (χ4n) is 18.0. The molecule has 3 unspecified atom stereocenters. The van der Waals surface area contributed by atoms with Crippen LogP contribution in [0.15, 0.2) is 72.8 Å². The Morgan fingerprint density at radius 1 is 0.532 bits per heavy atom. The number of hydrogen-bond acceptors (Lipinski definition) is 16. The molecule has 0 radical (unpaired) electrons. The number of nitrogens with zero attached hydrogens (tertiary/aromatic N) is 4. The van der Waals surface area contributed by atoms with Gasteiger partial charge in [0.1, 0.15) is 0 Å². The number of likely N-dealkylation sites (N-methyl/N-ethyl adjacent to an activating group) is 3. The van der Waals surface area contributed by atoms with Crippen LogP contribution in [0.3, 0.4) is 0 Å². The first-order valence-corrected chi connectivity index (χ1v) is 42.4. The molecular weight excluding hydrogens is 1460 g/mol. The Labute approximate surface area is 677 Å². The number of rotatable bonds is 35. The lowest BCUT2D eigenvalue weighted by Crippen LogP contribution is -2.55. The number of likely N-dealkylation sites (tertiary alicyclic amines) is 2. The van der Waals surface area contributed by atoms with Crippen molar-refractivity contribution < 1.29 is 54.4 Å². The number of urea groups is 2. The van der Waals surface area contributed by atoms with Crippen LogP contribution in [0.1, 0.15) is 229 Å². The molecule has 9 atom stereocenters. The third-order valence-corrected chi connectivity index (χ3v) is 24.4. The number of nitrogens with two attached hydrogens (primary N) is 1. The number of methoxy groups -OCH3 is 3. The molecule has 20 nitrogen and oxygen atoms in total. The number of amides is 4. The average Bonchev–Trinajstić information content (AvgIpc) is 0.794. The molecule has 9 rings (SSSR count). The zero-order chi connectivity index (χ0) is 78.6. The van der Waals surface area contributed by atoms with Gasteiger partial charge in [-0.05, 0) is 249 Å². The molecule has 3 saturated heterocycles. The molecule has 3 aliphatic heterocycles. The van der Waals surface area contributed by atoms with E-state index in [-0.39, 0.29) is 60.3 Å². The number of carbonyl (C=O) groups excluding carboxylic acids is 2. The van der Waals surface area contributed by atoms with E-state index in [9.17, 15) is 40.2 Å². The van der Waals surface area contributed by atoms with Crippen molar-refractivity contribution in [2.75, 3.05) is 135 Å². The normalized spacial score (nSPS) is 22.4. The lowest BCUT2D eigenvalue weighted by atomic mass is 9.74. The molecule has 6 aliphatic rings. The number of aliphatic hydroxyl groups is 6. The van der Waals surface area contributed by atoms with Crippen molar-refractivity contribution in [1.82, 2.24) is 40.9 Å². The number of ether oxygens (including phenoxy) is 3. The van der Waals surface area contributed by atoms with Crippen LogP contribution in [0, 0.1) is 17.8 Å². The van der Waals surface area contributed by atoms with E-state index < -0.39 is 33.6 Å². The Kier molecular flexibility index (Phi) is 43.9. The largest absolute Gasteiger partial charge is 0.390 e. The van der Waals surface area contributed by atoms with Gasteiger partial charge in [0, 0.05) is 144 Å². The first-order chi connectivity index (χ1) is 51.6. The average molecular weight is 1610 g/mol. The molecule has 109 heavy (non-hydrogen) atoms. The Balaban J connectivity index is 0.000000275. The third kappa shape index (κ3) is 32.8. The molecule has 0 bridgehead atoms. The quantitative estimate of drug-likeness (QED) is 0.0244. The molecule has 4 amide bonds. The Morgan fingerprint density at radius 3 is 1.24 bits per heavy atom. The fraction of sp³-hybridized carbons (Fsp3) is 0.765. The van der Waals surface area contributed by atoms with Gasteiger partial charge >= 0.3 is 12.1 Å². The van der Waals surface area contributed by atoms with Crippen LogP contribution in [0.4, 0.5) is 9.59 Å². The summed E-state index contributed by atoms with van der Waals surface area (Å²) in [6, 6.07) is 22.3. The molecule has 6 fully saturated rings.